The van der Waals surface area contributed by atoms with Crippen molar-refractivity contribution in [1.29, 1.82) is 0 Å². The zero-order valence-electron chi connectivity index (χ0n) is 19.5. The van der Waals surface area contributed by atoms with Crippen LogP contribution in [0.15, 0.2) is 72.8 Å². The van der Waals surface area contributed by atoms with Crippen LogP contribution in [0.1, 0.15) is 22.1 Å². The van der Waals surface area contributed by atoms with Crippen LogP contribution in [-0.4, -0.2) is 47.9 Å². The van der Waals surface area contributed by atoms with Crippen LogP contribution in [0, 0.1) is 0 Å². The number of carboxylic acids is 1. The Morgan fingerprint density at radius 1 is 0.943 bits per heavy atom. The number of carbonyl (C=O) groups is 2. The summed E-state index contributed by atoms with van der Waals surface area (Å²) in [6, 6.07) is 21.5. The summed E-state index contributed by atoms with van der Waals surface area (Å²) in [5.74, 6) is 0.841. The molecule has 0 spiro atoms. The van der Waals surface area contributed by atoms with Crippen LogP contribution >= 0.6 is 11.8 Å². The van der Waals surface area contributed by atoms with Gasteiger partial charge in [-0.2, -0.15) is 0 Å². The number of rotatable bonds is 9. The van der Waals surface area contributed by atoms with Gasteiger partial charge in [0.25, 0.3) is 0 Å². The number of hydrogen-bond donors (Lipinski definition) is 1. The normalized spacial score (nSPS) is 17.1. The van der Waals surface area contributed by atoms with Gasteiger partial charge < -0.3 is 24.2 Å². The maximum absolute atomic E-state index is 13.3. The number of benzene rings is 3. The molecular weight excluding hydrogens is 466 g/mol. The molecule has 2 unspecified atom stereocenters. The SMILES string of the molecule is COc1ccc(CC(=O)N2C(C(=O)O)CSC2c2ccc(OC)c(OCc3ccccc3)c2)cc1. The van der Waals surface area contributed by atoms with E-state index in [1.54, 1.807) is 32.4 Å². The van der Waals surface area contributed by atoms with Crippen LogP contribution in [0.2, 0.25) is 0 Å². The minimum absolute atomic E-state index is 0.0956. The van der Waals surface area contributed by atoms with Gasteiger partial charge in [-0.15, -0.1) is 11.8 Å². The third-order valence-corrected chi connectivity index (χ3v) is 7.12. The predicted octanol–water partition coefficient (Wildman–Crippen LogP) is 4.55. The second-order valence-corrected chi connectivity index (χ2v) is 9.16. The molecule has 0 saturated carbocycles. The maximum atomic E-state index is 13.3. The first-order valence-electron chi connectivity index (χ1n) is 11.1. The van der Waals surface area contributed by atoms with Crippen molar-refractivity contribution in [1.82, 2.24) is 4.90 Å². The third kappa shape index (κ3) is 5.71. The van der Waals surface area contributed by atoms with E-state index >= 15 is 0 Å². The molecule has 2 atom stereocenters. The fourth-order valence-electron chi connectivity index (χ4n) is 3.96. The molecule has 35 heavy (non-hydrogen) atoms. The first-order valence-corrected chi connectivity index (χ1v) is 12.2. The van der Waals surface area contributed by atoms with Crippen molar-refractivity contribution < 1.29 is 28.9 Å². The number of nitrogens with zero attached hydrogens (tertiary/aromatic N) is 1. The van der Waals surface area contributed by atoms with Gasteiger partial charge in [0.15, 0.2) is 11.5 Å². The van der Waals surface area contributed by atoms with Crippen LogP contribution in [-0.2, 0) is 22.6 Å². The van der Waals surface area contributed by atoms with Crippen LogP contribution in [0.3, 0.4) is 0 Å². The number of thioether (sulfide) groups is 1. The van der Waals surface area contributed by atoms with Crippen molar-refractivity contribution in [3.63, 3.8) is 0 Å². The van der Waals surface area contributed by atoms with Gasteiger partial charge in [-0.1, -0.05) is 48.5 Å². The lowest BCUT2D eigenvalue weighted by Gasteiger charge is -2.28. The number of methoxy groups -OCH3 is 2. The standard InChI is InChI=1S/C27H27NO6S/c1-32-21-11-8-18(9-12-21)14-25(29)28-22(27(30)31)17-35-26(28)20-10-13-23(33-2)24(15-20)34-16-19-6-4-3-5-7-19/h3-13,15,22,26H,14,16-17H2,1-2H3,(H,30,31). The first-order chi connectivity index (χ1) is 17.0. The molecule has 7 nitrogen and oxygen atoms in total. The van der Waals surface area contributed by atoms with E-state index in [2.05, 4.69) is 0 Å². The Morgan fingerprint density at radius 3 is 2.34 bits per heavy atom. The highest BCUT2D eigenvalue weighted by atomic mass is 32.2. The largest absolute Gasteiger partial charge is 0.497 e. The summed E-state index contributed by atoms with van der Waals surface area (Å²) in [5.41, 5.74) is 2.58. The smallest absolute Gasteiger partial charge is 0.327 e. The van der Waals surface area contributed by atoms with E-state index in [1.807, 2.05) is 54.6 Å². The molecule has 1 aliphatic heterocycles. The lowest BCUT2D eigenvalue weighted by molar-refractivity contribution is -0.148. The van der Waals surface area contributed by atoms with Gasteiger partial charge in [-0.3, -0.25) is 4.79 Å². The lowest BCUT2D eigenvalue weighted by Crippen LogP contribution is -2.43. The maximum Gasteiger partial charge on any atom is 0.327 e. The van der Waals surface area contributed by atoms with Crippen molar-refractivity contribution >= 4 is 23.6 Å². The van der Waals surface area contributed by atoms with Gasteiger partial charge in [0.2, 0.25) is 5.91 Å². The molecule has 8 heteroatoms. The van der Waals surface area contributed by atoms with Crippen molar-refractivity contribution in [3.8, 4) is 17.2 Å². The average molecular weight is 494 g/mol. The van der Waals surface area contributed by atoms with Crippen molar-refractivity contribution in [2.24, 2.45) is 0 Å². The third-order valence-electron chi connectivity index (χ3n) is 5.80. The quantitative estimate of drug-likeness (QED) is 0.468. The van der Waals surface area contributed by atoms with Crippen molar-refractivity contribution in [3.05, 3.63) is 89.5 Å². The Balaban J connectivity index is 1.58. The second kappa shape index (κ2) is 11.2. The van der Waals surface area contributed by atoms with E-state index in [9.17, 15) is 14.7 Å². The summed E-state index contributed by atoms with van der Waals surface area (Å²) in [6.45, 7) is 0.357. The summed E-state index contributed by atoms with van der Waals surface area (Å²) >= 11 is 1.43. The molecule has 1 saturated heterocycles. The van der Waals surface area contributed by atoms with Gasteiger partial charge in [0, 0.05) is 5.75 Å². The number of hydrogen-bond acceptors (Lipinski definition) is 6. The van der Waals surface area contributed by atoms with E-state index in [1.165, 1.54) is 16.7 Å². The zero-order chi connectivity index (χ0) is 24.8. The Labute approximate surface area is 208 Å². The highest BCUT2D eigenvalue weighted by molar-refractivity contribution is 7.99. The molecule has 0 aromatic heterocycles. The Kier molecular flexibility index (Phi) is 7.82. The Hall–Kier alpha value is -3.65. The van der Waals surface area contributed by atoms with Crippen molar-refractivity contribution in [2.45, 2.75) is 24.4 Å². The van der Waals surface area contributed by atoms with Crippen LogP contribution in [0.25, 0.3) is 0 Å². The fraction of sp³-hybridized carbons (Fsp3) is 0.259. The molecule has 182 valence electrons. The molecule has 1 heterocycles. The molecule has 1 fully saturated rings. The first kappa shape index (κ1) is 24.5. The monoisotopic (exact) mass is 493 g/mol. The molecule has 1 amide bonds. The number of aliphatic carboxylic acids is 1. The molecule has 3 aromatic rings. The van der Waals surface area contributed by atoms with Crippen LogP contribution < -0.4 is 14.2 Å². The predicted molar refractivity (Wildman–Crippen MR) is 134 cm³/mol. The Bertz CT molecular complexity index is 1170. The number of carbonyl (C=O) groups excluding carboxylic acids is 1. The fourth-order valence-corrected chi connectivity index (χ4v) is 5.39. The average Bonchev–Trinajstić information content (AvgIpc) is 3.34. The van der Waals surface area contributed by atoms with Gasteiger partial charge >= 0.3 is 5.97 Å². The Morgan fingerprint density at radius 2 is 1.69 bits per heavy atom. The molecule has 0 bridgehead atoms. The van der Waals surface area contributed by atoms with E-state index in [4.69, 9.17) is 14.2 Å². The van der Waals surface area contributed by atoms with E-state index in [0.717, 1.165) is 16.7 Å². The minimum atomic E-state index is -1.02. The van der Waals surface area contributed by atoms with Crippen LogP contribution in [0.5, 0.6) is 17.2 Å². The molecule has 1 N–H and O–H groups in total. The minimum Gasteiger partial charge on any atom is -0.497 e. The zero-order valence-corrected chi connectivity index (χ0v) is 20.4. The highest BCUT2D eigenvalue weighted by Gasteiger charge is 2.42. The van der Waals surface area contributed by atoms with Crippen molar-refractivity contribution in [2.75, 3.05) is 20.0 Å². The van der Waals surface area contributed by atoms with Crippen LogP contribution in [0.4, 0.5) is 0 Å². The molecule has 3 aromatic carbocycles. The topological polar surface area (TPSA) is 85.3 Å². The lowest BCUT2D eigenvalue weighted by atomic mass is 10.1. The number of amides is 1. The molecule has 0 aliphatic carbocycles. The molecule has 4 rings (SSSR count). The summed E-state index contributed by atoms with van der Waals surface area (Å²) in [4.78, 5) is 26.8. The van der Waals surface area contributed by atoms with Gasteiger partial charge in [0.05, 0.1) is 20.6 Å². The van der Waals surface area contributed by atoms with E-state index in [0.29, 0.717) is 29.6 Å². The molecule has 1 aliphatic rings. The number of ether oxygens (including phenoxy) is 3. The highest BCUT2D eigenvalue weighted by Crippen LogP contribution is 2.44. The van der Waals surface area contributed by atoms with Gasteiger partial charge in [-0.25, -0.2) is 4.79 Å². The molecule has 0 radical (unpaired) electrons. The summed E-state index contributed by atoms with van der Waals surface area (Å²) in [5, 5.41) is 9.36. The molecular formula is C27H27NO6S. The van der Waals surface area contributed by atoms with Gasteiger partial charge in [-0.05, 0) is 41.0 Å². The van der Waals surface area contributed by atoms with E-state index in [-0.39, 0.29) is 12.3 Å². The summed E-state index contributed by atoms with van der Waals surface area (Å²) in [6.07, 6.45) is 0.0956. The second-order valence-electron chi connectivity index (χ2n) is 8.05. The summed E-state index contributed by atoms with van der Waals surface area (Å²) in [7, 11) is 3.15. The van der Waals surface area contributed by atoms with E-state index < -0.39 is 17.4 Å². The van der Waals surface area contributed by atoms with Gasteiger partial charge in [0.1, 0.15) is 23.8 Å². The summed E-state index contributed by atoms with van der Waals surface area (Å²) < 4.78 is 16.7. The number of carboxylic acid groups (broad SMARTS) is 1.